The number of hydrogen-bond acceptors (Lipinski definition) is 4. The van der Waals surface area contributed by atoms with Gasteiger partial charge in [0.25, 0.3) is 0 Å². The highest BCUT2D eigenvalue weighted by molar-refractivity contribution is 9.10. The molecule has 102 valence electrons. The quantitative estimate of drug-likeness (QED) is 0.883. The number of furan rings is 1. The lowest BCUT2D eigenvalue weighted by Crippen LogP contribution is -2.22. The summed E-state index contributed by atoms with van der Waals surface area (Å²) in [6.45, 7) is 5.41. The first-order valence-electron chi connectivity index (χ1n) is 6.17. The molecule has 4 nitrogen and oxygen atoms in total. The number of aromatic nitrogens is 1. The van der Waals surface area contributed by atoms with Crippen molar-refractivity contribution in [2.45, 2.75) is 33.0 Å². The topological polar surface area (TPSA) is 47.3 Å². The molecule has 0 aliphatic heterocycles. The van der Waals surface area contributed by atoms with Crippen LogP contribution in [0.15, 0.2) is 39.7 Å². The number of rotatable bonds is 6. The minimum absolute atomic E-state index is 0.403. The fraction of sp³-hybridized carbons (Fsp3) is 0.357. The Labute approximate surface area is 121 Å². The average Bonchev–Trinajstić information content (AvgIpc) is 2.81. The summed E-state index contributed by atoms with van der Waals surface area (Å²) < 4.78 is 12.0. The molecule has 0 fully saturated rings. The normalized spacial score (nSPS) is 10.9. The number of nitrogens with one attached hydrogen (secondary N) is 1. The molecule has 0 atom stereocenters. The van der Waals surface area contributed by atoms with Crippen LogP contribution in [0.1, 0.15) is 25.2 Å². The van der Waals surface area contributed by atoms with E-state index in [-0.39, 0.29) is 0 Å². The Hall–Kier alpha value is -1.33. The zero-order valence-corrected chi connectivity index (χ0v) is 12.6. The van der Waals surface area contributed by atoms with Crippen LogP contribution in [-0.2, 0) is 13.2 Å². The molecule has 0 aromatic carbocycles. The second-order valence-electron chi connectivity index (χ2n) is 4.53. The first-order chi connectivity index (χ1) is 9.15. The predicted octanol–water partition coefficient (Wildman–Crippen LogP) is 3.51. The molecule has 2 aromatic rings. The van der Waals surface area contributed by atoms with Crippen molar-refractivity contribution in [3.63, 3.8) is 0 Å². The molecule has 0 aliphatic carbocycles. The summed E-state index contributed by atoms with van der Waals surface area (Å²) in [7, 11) is 0. The highest BCUT2D eigenvalue weighted by atomic mass is 79.9. The largest absolute Gasteiger partial charge is 0.484 e. The molecule has 1 N–H and O–H groups in total. The van der Waals surface area contributed by atoms with Gasteiger partial charge in [-0.05, 0) is 28.1 Å². The Morgan fingerprint density at radius 2 is 2.26 bits per heavy atom. The van der Waals surface area contributed by atoms with Crippen molar-refractivity contribution in [3.05, 3.63) is 46.6 Å². The molecule has 19 heavy (non-hydrogen) atoms. The number of nitrogens with zero attached hydrogens (tertiary/aromatic N) is 1. The van der Waals surface area contributed by atoms with Crippen LogP contribution in [0.3, 0.4) is 0 Å². The number of pyridine rings is 1. The lowest BCUT2D eigenvalue weighted by atomic mass is 10.2. The Bertz CT molecular complexity index is 526. The summed E-state index contributed by atoms with van der Waals surface area (Å²) in [4.78, 5) is 4.05. The highest BCUT2D eigenvalue weighted by Crippen LogP contribution is 2.18. The number of halogens is 1. The van der Waals surface area contributed by atoms with Crippen molar-refractivity contribution in [2.24, 2.45) is 0 Å². The van der Waals surface area contributed by atoms with Gasteiger partial charge in [0, 0.05) is 28.8 Å². The van der Waals surface area contributed by atoms with Crippen LogP contribution in [0.4, 0.5) is 0 Å². The highest BCUT2D eigenvalue weighted by Gasteiger charge is 2.08. The van der Waals surface area contributed by atoms with Crippen LogP contribution in [0.2, 0.25) is 0 Å². The standard InChI is InChI=1S/C14H17BrN2O2/c1-10(2)17-6-11-3-4-18-14(11)9-19-13-5-12(15)7-16-8-13/h3-5,7-8,10,17H,6,9H2,1-2H3. The van der Waals surface area contributed by atoms with Crippen LogP contribution in [-0.4, -0.2) is 11.0 Å². The van der Waals surface area contributed by atoms with E-state index in [1.165, 1.54) is 0 Å². The fourth-order valence-corrected chi connectivity index (χ4v) is 1.93. The van der Waals surface area contributed by atoms with Gasteiger partial charge in [-0.15, -0.1) is 0 Å². The van der Waals surface area contributed by atoms with E-state index in [0.29, 0.717) is 18.4 Å². The summed E-state index contributed by atoms with van der Waals surface area (Å²) in [5, 5.41) is 3.36. The molecule has 0 saturated heterocycles. The summed E-state index contributed by atoms with van der Waals surface area (Å²) in [6, 6.07) is 4.29. The van der Waals surface area contributed by atoms with Crippen LogP contribution >= 0.6 is 15.9 Å². The van der Waals surface area contributed by atoms with E-state index in [4.69, 9.17) is 9.15 Å². The van der Waals surface area contributed by atoms with Gasteiger partial charge in [0.1, 0.15) is 18.1 Å². The molecular formula is C14H17BrN2O2. The zero-order valence-electron chi connectivity index (χ0n) is 11.0. The van der Waals surface area contributed by atoms with E-state index in [2.05, 4.69) is 40.1 Å². The van der Waals surface area contributed by atoms with Crippen LogP contribution < -0.4 is 10.1 Å². The van der Waals surface area contributed by atoms with Crippen molar-refractivity contribution < 1.29 is 9.15 Å². The Morgan fingerprint density at radius 1 is 1.42 bits per heavy atom. The van der Waals surface area contributed by atoms with Crippen molar-refractivity contribution in [3.8, 4) is 5.75 Å². The molecule has 2 aromatic heterocycles. The third-order valence-corrected chi connectivity index (χ3v) is 3.02. The van der Waals surface area contributed by atoms with E-state index in [0.717, 1.165) is 22.3 Å². The van der Waals surface area contributed by atoms with Crippen molar-refractivity contribution >= 4 is 15.9 Å². The second kappa shape index (κ2) is 6.73. The molecule has 0 unspecified atom stereocenters. The van der Waals surface area contributed by atoms with Gasteiger partial charge in [-0.3, -0.25) is 4.98 Å². The lowest BCUT2D eigenvalue weighted by molar-refractivity contribution is 0.267. The van der Waals surface area contributed by atoms with E-state index in [1.807, 2.05) is 12.1 Å². The van der Waals surface area contributed by atoms with E-state index in [1.54, 1.807) is 18.7 Å². The van der Waals surface area contributed by atoms with Gasteiger partial charge in [0.05, 0.1) is 12.5 Å². The van der Waals surface area contributed by atoms with Gasteiger partial charge < -0.3 is 14.5 Å². The maximum absolute atomic E-state index is 5.66. The van der Waals surface area contributed by atoms with Crippen molar-refractivity contribution in [2.75, 3.05) is 0 Å². The fourth-order valence-electron chi connectivity index (χ4n) is 1.59. The van der Waals surface area contributed by atoms with E-state index in [9.17, 15) is 0 Å². The molecule has 0 bridgehead atoms. The third kappa shape index (κ3) is 4.36. The Balaban J connectivity index is 1.94. The van der Waals surface area contributed by atoms with E-state index >= 15 is 0 Å². The molecule has 5 heteroatoms. The zero-order chi connectivity index (χ0) is 13.7. The van der Waals surface area contributed by atoms with Gasteiger partial charge in [0.2, 0.25) is 0 Å². The second-order valence-corrected chi connectivity index (χ2v) is 5.45. The first-order valence-corrected chi connectivity index (χ1v) is 6.96. The minimum Gasteiger partial charge on any atom is -0.484 e. The maximum atomic E-state index is 5.66. The Kier molecular flexibility index (Phi) is 4.99. The molecular weight excluding hydrogens is 308 g/mol. The molecule has 0 amide bonds. The third-order valence-electron chi connectivity index (χ3n) is 2.59. The number of ether oxygens (including phenoxy) is 1. The van der Waals surface area contributed by atoms with Gasteiger partial charge in [-0.2, -0.15) is 0 Å². The van der Waals surface area contributed by atoms with Gasteiger partial charge >= 0.3 is 0 Å². The summed E-state index contributed by atoms with van der Waals surface area (Å²) in [5.74, 6) is 1.56. The van der Waals surface area contributed by atoms with E-state index < -0.39 is 0 Å². The Morgan fingerprint density at radius 3 is 3.00 bits per heavy atom. The minimum atomic E-state index is 0.403. The summed E-state index contributed by atoms with van der Waals surface area (Å²) >= 11 is 3.36. The maximum Gasteiger partial charge on any atom is 0.146 e. The van der Waals surface area contributed by atoms with Crippen molar-refractivity contribution in [1.82, 2.24) is 10.3 Å². The smallest absolute Gasteiger partial charge is 0.146 e. The molecule has 0 radical (unpaired) electrons. The molecule has 0 aliphatic rings. The molecule has 0 spiro atoms. The average molecular weight is 325 g/mol. The number of hydrogen-bond donors (Lipinski definition) is 1. The molecule has 0 saturated carbocycles. The SMILES string of the molecule is CC(C)NCc1ccoc1COc1cncc(Br)c1. The molecule has 2 rings (SSSR count). The van der Waals surface area contributed by atoms with Gasteiger partial charge in [-0.25, -0.2) is 0 Å². The molecule has 2 heterocycles. The van der Waals surface area contributed by atoms with Crippen LogP contribution in [0.5, 0.6) is 5.75 Å². The van der Waals surface area contributed by atoms with Gasteiger partial charge in [0.15, 0.2) is 0 Å². The monoisotopic (exact) mass is 324 g/mol. The lowest BCUT2D eigenvalue weighted by Gasteiger charge is -2.09. The van der Waals surface area contributed by atoms with Crippen LogP contribution in [0.25, 0.3) is 0 Å². The predicted molar refractivity (Wildman–Crippen MR) is 77.0 cm³/mol. The van der Waals surface area contributed by atoms with Crippen molar-refractivity contribution in [1.29, 1.82) is 0 Å². The first kappa shape index (κ1) is 14.1. The van der Waals surface area contributed by atoms with Crippen LogP contribution in [0, 0.1) is 0 Å². The van der Waals surface area contributed by atoms with Gasteiger partial charge in [-0.1, -0.05) is 13.8 Å². The summed E-state index contributed by atoms with van der Waals surface area (Å²) in [6.07, 6.45) is 5.09. The summed E-state index contributed by atoms with van der Waals surface area (Å²) in [5.41, 5.74) is 1.12.